The summed E-state index contributed by atoms with van der Waals surface area (Å²) in [5.74, 6) is 6.19. The van der Waals surface area contributed by atoms with Crippen molar-refractivity contribution in [3.8, 4) is 11.8 Å². The molecule has 1 unspecified atom stereocenters. The molecule has 1 atom stereocenters. The smallest absolute Gasteiger partial charge is 0.408 e. The van der Waals surface area contributed by atoms with Gasteiger partial charge in [0.05, 0.1) is 6.04 Å². The summed E-state index contributed by atoms with van der Waals surface area (Å²) in [6.07, 6.45) is -0.450. The Hall–Kier alpha value is -2.93. The molecule has 0 aromatic heterocycles. The van der Waals surface area contributed by atoms with E-state index in [-0.39, 0.29) is 6.04 Å². The predicted molar refractivity (Wildman–Crippen MR) is 101 cm³/mol. The Labute approximate surface area is 149 Å². The normalized spacial score (nSPS) is 11.8. The van der Waals surface area contributed by atoms with E-state index in [9.17, 15) is 4.79 Å². The Morgan fingerprint density at radius 1 is 1.12 bits per heavy atom. The SMILES string of the molecule is CC(NC(=O)OC(C)(C)C)c1ccc(N)c(C#Cc2ccccc2)c1. The lowest BCUT2D eigenvalue weighted by molar-refractivity contribution is 0.0508. The van der Waals surface area contributed by atoms with Crippen molar-refractivity contribution in [1.29, 1.82) is 0 Å². The maximum Gasteiger partial charge on any atom is 0.408 e. The van der Waals surface area contributed by atoms with Gasteiger partial charge in [-0.05, 0) is 57.5 Å². The van der Waals surface area contributed by atoms with Crippen molar-refractivity contribution in [2.24, 2.45) is 0 Å². The molecular weight excluding hydrogens is 312 g/mol. The summed E-state index contributed by atoms with van der Waals surface area (Å²) in [7, 11) is 0. The summed E-state index contributed by atoms with van der Waals surface area (Å²) in [5, 5.41) is 2.82. The topological polar surface area (TPSA) is 64.3 Å². The molecule has 3 N–H and O–H groups in total. The van der Waals surface area contributed by atoms with E-state index in [1.165, 1.54) is 0 Å². The zero-order valence-corrected chi connectivity index (χ0v) is 15.1. The average molecular weight is 336 g/mol. The van der Waals surface area contributed by atoms with Crippen molar-refractivity contribution in [3.63, 3.8) is 0 Å². The van der Waals surface area contributed by atoms with Gasteiger partial charge in [0.1, 0.15) is 5.60 Å². The molecule has 0 fully saturated rings. The van der Waals surface area contributed by atoms with Gasteiger partial charge >= 0.3 is 6.09 Å². The number of carbonyl (C=O) groups excluding carboxylic acids is 1. The molecular formula is C21H24N2O2. The molecule has 0 spiro atoms. The second-order valence-corrected chi connectivity index (χ2v) is 6.83. The van der Waals surface area contributed by atoms with E-state index in [1.807, 2.05) is 70.2 Å². The van der Waals surface area contributed by atoms with Gasteiger partial charge in [0.25, 0.3) is 0 Å². The van der Waals surface area contributed by atoms with E-state index in [1.54, 1.807) is 6.07 Å². The number of nitrogens with one attached hydrogen (secondary N) is 1. The number of amides is 1. The third-order valence-electron chi connectivity index (χ3n) is 3.43. The first-order chi connectivity index (χ1) is 11.7. The zero-order chi connectivity index (χ0) is 18.4. The number of carbonyl (C=O) groups is 1. The number of anilines is 1. The van der Waals surface area contributed by atoms with Crippen LogP contribution >= 0.6 is 0 Å². The third kappa shape index (κ3) is 5.89. The summed E-state index contributed by atoms with van der Waals surface area (Å²) in [4.78, 5) is 11.9. The highest BCUT2D eigenvalue weighted by Crippen LogP contribution is 2.19. The van der Waals surface area contributed by atoms with Crippen LogP contribution in [0.5, 0.6) is 0 Å². The van der Waals surface area contributed by atoms with E-state index in [0.29, 0.717) is 5.69 Å². The molecule has 0 aliphatic rings. The highest BCUT2D eigenvalue weighted by atomic mass is 16.6. The van der Waals surface area contributed by atoms with Crippen LogP contribution in [0, 0.1) is 11.8 Å². The number of hydrogen-bond acceptors (Lipinski definition) is 3. The van der Waals surface area contributed by atoms with E-state index in [0.717, 1.165) is 16.7 Å². The minimum absolute atomic E-state index is 0.215. The van der Waals surface area contributed by atoms with Crippen molar-refractivity contribution in [1.82, 2.24) is 5.32 Å². The van der Waals surface area contributed by atoms with Crippen LogP contribution in [0.3, 0.4) is 0 Å². The van der Waals surface area contributed by atoms with Crippen LogP contribution in [0.4, 0.5) is 10.5 Å². The lowest BCUT2D eigenvalue weighted by Crippen LogP contribution is -2.34. The number of ether oxygens (including phenoxy) is 1. The van der Waals surface area contributed by atoms with Gasteiger partial charge < -0.3 is 15.8 Å². The highest BCUT2D eigenvalue weighted by molar-refractivity contribution is 5.68. The van der Waals surface area contributed by atoms with Crippen LogP contribution in [-0.4, -0.2) is 11.7 Å². The fourth-order valence-corrected chi connectivity index (χ4v) is 2.18. The van der Waals surface area contributed by atoms with Crippen molar-refractivity contribution >= 4 is 11.8 Å². The molecule has 4 heteroatoms. The van der Waals surface area contributed by atoms with E-state index in [4.69, 9.17) is 10.5 Å². The summed E-state index contributed by atoms with van der Waals surface area (Å²) in [6, 6.07) is 15.1. The molecule has 2 rings (SSSR count). The molecule has 4 nitrogen and oxygen atoms in total. The van der Waals surface area contributed by atoms with Crippen LogP contribution in [0.25, 0.3) is 0 Å². The average Bonchev–Trinajstić information content (AvgIpc) is 2.53. The second-order valence-electron chi connectivity index (χ2n) is 6.83. The molecule has 0 saturated heterocycles. The van der Waals surface area contributed by atoms with Crippen molar-refractivity contribution in [2.75, 3.05) is 5.73 Å². The lowest BCUT2D eigenvalue weighted by atomic mass is 10.0. The Balaban J connectivity index is 2.15. The summed E-state index contributed by atoms with van der Waals surface area (Å²) < 4.78 is 5.29. The molecule has 0 aliphatic carbocycles. The van der Waals surface area contributed by atoms with Gasteiger partial charge in [-0.25, -0.2) is 4.79 Å². The van der Waals surface area contributed by atoms with Crippen molar-refractivity contribution in [2.45, 2.75) is 39.3 Å². The monoisotopic (exact) mass is 336 g/mol. The maximum atomic E-state index is 11.9. The molecule has 25 heavy (non-hydrogen) atoms. The summed E-state index contributed by atoms with van der Waals surface area (Å²) >= 11 is 0. The number of rotatable bonds is 2. The molecule has 0 heterocycles. The van der Waals surface area contributed by atoms with Crippen LogP contribution < -0.4 is 11.1 Å². The summed E-state index contributed by atoms with van der Waals surface area (Å²) in [5.41, 5.74) is 8.67. The number of benzene rings is 2. The zero-order valence-electron chi connectivity index (χ0n) is 15.1. The fourth-order valence-electron chi connectivity index (χ4n) is 2.18. The number of hydrogen-bond donors (Lipinski definition) is 2. The highest BCUT2D eigenvalue weighted by Gasteiger charge is 2.18. The second kappa shape index (κ2) is 7.76. The van der Waals surface area contributed by atoms with Gasteiger partial charge in [-0.1, -0.05) is 36.1 Å². The largest absolute Gasteiger partial charge is 0.444 e. The first-order valence-electron chi connectivity index (χ1n) is 8.20. The van der Waals surface area contributed by atoms with Crippen LogP contribution in [0.15, 0.2) is 48.5 Å². The van der Waals surface area contributed by atoms with E-state index >= 15 is 0 Å². The third-order valence-corrected chi connectivity index (χ3v) is 3.43. The van der Waals surface area contributed by atoms with Gasteiger partial charge in [0, 0.05) is 16.8 Å². The molecule has 1 amide bonds. The lowest BCUT2D eigenvalue weighted by Gasteiger charge is -2.22. The molecule has 2 aromatic rings. The quantitative estimate of drug-likeness (QED) is 0.636. The van der Waals surface area contributed by atoms with Gasteiger partial charge in [0.2, 0.25) is 0 Å². The van der Waals surface area contributed by atoms with Crippen molar-refractivity contribution in [3.05, 3.63) is 65.2 Å². The molecule has 0 saturated carbocycles. The first kappa shape index (κ1) is 18.4. The molecule has 130 valence electrons. The first-order valence-corrected chi connectivity index (χ1v) is 8.20. The van der Waals surface area contributed by atoms with Gasteiger partial charge in [-0.2, -0.15) is 0 Å². The standard InChI is InChI=1S/C21H24N2O2/c1-15(23-20(24)25-21(2,3)4)17-12-13-19(22)18(14-17)11-10-16-8-6-5-7-9-16/h5-9,12-15H,22H2,1-4H3,(H,23,24). The molecule has 0 bridgehead atoms. The Bertz CT molecular complexity index is 796. The van der Waals surface area contributed by atoms with E-state index in [2.05, 4.69) is 17.2 Å². The summed E-state index contributed by atoms with van der Waals surface area (Å²) in [6.45, 7) is 7.39. The molecule has 0 radical (unpaired) electrons. The predicted octanol–water partition coefficient (Wildman–Crippen LogP) is 4.25. The van der Waals surface area contributed by atoms with E-state index < -0.39 is 11.7 Å². The van der Waals surface area contributed by atoms with Gasteiger partial charge in [-0.15, -0.1) is 0 Å². The molecule has 2 aromatic carbocycles. The Kier molecular flexibility index (Phi) is 5.71. The number of alkyl carbamates (subject to hydrolysis) is 1. The Morgan fingerprint density at radius 2 is 1.80 bits per heavy atom. The van der Waals surface area contributed by atoms with Crippen molar-refractivity contribution < 1.29 is 9.53 Å². The molecule has 0 aliphatic heterocycles. The minimum atomic E-state index is -0.531. The van der Waals surface area contributed by atoms with Crippen LogP contribution in [-0.2, 0) is 4.74 Å². The van der Waals surface area contributed by atoms with Crippen LogP contribution in [0.2, 0.25) is 0 Å². The minimum Gasteiger partial charge on any atom is -0.444 e. The number of nitrogen functional groups attached to an aromatic ring is 1. The fraction of sp³-hybridized carbons (Fsp3) is 0.286. The Morgan fingerprint density at radius 3 is 2.44 bits per heavy atom. The number of nitrogens with two attached hydrogens (primary N) is 1. The van der Waals surface area contributed by atoms with Crippen LogP contribution in [0.1, 0.15) is 50.4 Å². The van der Waals surface area contributed by atoms with Gasteiger partial charge in [0.15, 0.2) is 0 Å². The van der Waals surface area contributed by atoms with Gasteiger partial charge in [-0.3, -0.25) is 0 Å². The maximum absolute atomic E-state index is 11.9.